The van der Waals surface area contributed by atoms with Gasteiger partial charge >= 0.3 is 6.18 Å². The fourth-order valence-corrected chi connectivity index (χ4v) is 1.97. The molecule has 0 saturated heterocycles. The number of imidazole rings is 1. The van der Waals surface area contributed by atoms with E-state index in [1.165, 1.54) is 32.0 Å². The summed E-state index contributed by atoms with van der Waals surface area (Å²) < 4.78 is 39.8. The average molecular weight is 299 g/mol. The molecule has 21 heavy (non-hydrogen) atoms. The first-order valence-corrected chi connectivity index (χ1v) is 6.07. The molecule has 0 saturated carbocycles. The zero-order chi connectivity index (χ0) is 15.9. The minimum Gasteiger partial charge on any atom is -0.366 e. The van der Waals surface area contributed by atoms with Crippen LogP contribution in [-0.2, 0) is 6.18 Å². The van der Waals surface area contributed by atoms with Crippen molar-refractivity contribution in [3.8, 4) is 0 Å². The molecule has 0 aliphatic rings. The fraction of sp³-hybridized carbons (Fsp3) is 0.308. The highest BCUT2D eigenvalue weighted by Gasteiger charge is 2.40. The van der Waals surface area contributed by atoms with Gasteiger partial charge in [-0.1, -0.05) is 19.9 Å². The Morgan fingerprint density at radius 2 is 1.90 bits per heavy atom. The highest BCUT2D eigenvalue weighted by molar-refractivity contribution is 6.06. The Kier molecular flexibility index (Phi) is 3.48. The monoisotopic (exact) mass is 299 g/mol. The van der Waals surface area contributed by atoms with Crippen LogP contribution in [0, 0.1) is 5.92 Å². The third-order valence-electron chi connectivity index (χ3n) is 2.92. The summed E-state index contributed by atoms with van der Waals surface area (Å²) in [6.07, 6.45) is -4.82. The maximum Gasteiger partial charge on any atom is 0.450 e. The molecule has 1 heterocycles. The van der Waals surface area contributed by atoms with Gasteiger partial charge in [0.15, 0.2) is 0 Å². The van der Waals surface area contributed by atoms with E-state index in [0.29, 0.717) is 4.57 Å². The Balaban J connectivity index is 2.89. The van der Waals surface area contributed by atoms with E-state index >= 15 is 0 Å². The number of carbonyl (C=O) groups is 2. The molecular formula is C13H12F3N3O2. The zero-order valence-corrected chi connectivity index (χ0v) is 11.2. The third-order valence-corrected chi connectivity index (χ3v) is 2.92. The van der Waals surface area contributed by atoms with E-state index in [9.17, 15) is 22.8 Å². The van der Waals surface area contributed by atoms with Crippen LogP contribution in [0.5, 0.6) is 0 Å². The predicted octanol–water partition coefficient (Wildman–Crippen LogP) is 2.45. The van der Waals surface area contributed by atoms with Gasteiger partial charge in [-0.2, -0.15) is 13.2 Å². The van der Waals surface area contributed by atoms with E-state index in [1.807, 2.05) is 0 Å². The Bertz CT molecular complexity index is 732. The number of primary amides is 1. The molecule has 2 rings (SSSR count). The highest BCUT2D eigenvalue weighted by Crippen LogP contribution is 2.33. The molecule has 1 aromatic carbocycles. The molecule has 0 fully saturated rings. The number of aromatic nitrogens is 2. The predicted molar refractivity (Wildman–Crippen MR) is 68.7 cm³/mol. The number of fused-ring (bicyclic) bond motifs is 1. The summed E-state index contributed by atoms with van der Waals surface area (Å²) in [6.45, 7) is 2.96. The summed E-state index contributed by atoms with van der Waals surface area (Å²) in [6, 6.07) is 3.92. The number of benzene rings is 1. The maximum atomic E-state index is 13.1. The number of hydrogen-bond acceptors (Lipinski definition) is 3. The second-order valence-corrected chi connectivity index (χ2v) is 4.80. The lowest BCUT2D eigenvalue weighted by Gasteiger charge is -2.11. The minimum absolute atomic E-state index is 0.0858. The quantitative estimate of drug-likeness (QED) is 0.925. The van der Waals surface area contributed by atoms with Crippen LogP contribution in [0.1, 0.15) is 34.8 Å². The first kappa shape index (κ1) is 15.0. The Labute approximate surface area is 117 Å². The van der Waals surface area contributed by atoms with Gasteiger partial charge < -0.3 is 5.73 Å². The van der Waals surface area contributed by atoms with Gasteiger partial charge in [-0.3, -0.25) is 14.2 Å². The SMILES string of the molecule is CC(C)C(=O)n1c(C(F)(F)F)nc2c(C(N)=O)cccc21. The lowest BCUT2D eigenvalue weighted by molar-refractivity contribution is -0.145. The molecule has 2 N–H and O–H groups in total. The molecule has 0 aliphatic heterocycles. The zero-order valence-electron chi connectivity index (χ0n) is 11.2. The molecular weight excluding hydrogens is 287 g/mol. The summed E-state index contributed by atoms with van der Waals surface area (Å²) in [5, 5.41) is 0. The smallest absolute Gasteiger partial charge is 0.366 e. The molecule has 0 aliphatic carbocycles. The van der Waals surface area contributed by atoms with Crippen LogP contribution in [-0.4, -0.2) is 21.4 Å². The first-order valence-electron chi connectivity index (χ1n) is 6.07. The van der Waals surface area contributed by atoms with Crippen LogP contribution in [0.4, 0.5) is 13.2 Å². The first-order chi connectivity index (χ1) is 9.64. The molecule has 5 nitrogen and oxygen atoms in total. The van der Waals surface area contributed by atoms with Gasteiger partial charge in [-0.05, 0) is 12.1 Å². The normalized spacial score (nSPS) is 12.1. The van der Waals surface area contributed by atoms with Gasteiger partial charge in [0, 0.05) is 5.92 Å². The minimum atomic E-state index is -4.82. The summed E-state index contributed by atoms with van der Waals surface area (Å²) >= 11 is 0. The molecule has 0 unspecified atom stereocenters. The van der Waals surface area contributed by atoms with Crippen molar-refractivity contribution in [2.75, 3.05) is 0 Å². The molecule has 0 bridgehead atoms. The second-order valence-electron chi connectivity index (χ2n) is 4.80. The number of nitrogens with zero attached hydrogens (tertiary/aromatic N) is 2. The number of hydrogen-bond donors (Lipinski definition) is 1. The Morgan fingerprint density at radius 1 is 1.29 bits per heavy atom. The number of alkyl halides is 3. The fourth-order valence-electron chi connectivity index (χ4n) is 1.97. The summed E-state index contributed by atoms with van der Waals surface area (Å²) in [5.41, 5.74) is 4.65. The molecule has 0 atom stereocenters. The van der Waals surface area contributed by atoms with Gasteiger partial charge in [0.1, 0.15) is 5.52 Å². The average Bonchev–Trinajstić information content (AvgIpc) is 2.76. The van der Waals surface area contributed by atoms with Gasteiger partial charge in [-0.25, -0.2) is 4.98 Å². The van der Waals surface area contributed by atoms with Crippen LogP contribution in [0.3, 0.4) is 0 Å². The van der Waals surface area contributed by atoms with Crippen LogP contribution in [0.2, 0.25) is 0 Å². The molecule has 2 aromatic rings. The van der Waals surface area contributed by atoms with Crippen molar-refractivity contribution >= 4 is 22.8 Å². The largest absolute Gasteiger partial charge is 0.450 e. The number of para-hydroxylation sites is 1. The van der Waals surface area contributed by atoms with Crippen molar-refractivity contribution in [2.24, 2.45) is 11.7 Å². The second kappa shape index (κ2) is 4.87. The van der Waals surface area contributed by atoms with E-state index < -0.39 is 29.7 Å². The van der Waals surface area contributed by atoms with Crippen molar-refractivity contribution in [3.63, 3.8) is 0 Å². The summed E-state index contributed by atoms with van der Waals surface area (Å²) in [7, 11) is 0. The van der Waals surface area contributed by atoms with Crippen molar-refractivity contribution < 1.29 is 22.8 Å². The number of rotatable bonds is 2. The summed E-state index contributed by atoms with van der Waals surface area (Å²) in [5.74, 6) is -3.69. The number of carbonyl (C=O) groups excluding carboxylic acids is 2. The van der Waals surface area contributed by atoms with E-state index in [2.05, 4.69) is 4.98 Å². The van der Waals surface area contributed by atoms with Gasteiger partial charge in [0.25, 0.3) is 5.91 Å². The maximum absolute atomic E-state index is 13.1. The van der Waals surface area contributed by atoms with E-state index in [1.54, 1.807) is 0 Å². The molecule has 1 aromatic heterocycles. The Morgan fingerprint density at radius 3 is 2.38 bits per heavy atom. The van der Waals surface area contributed by atoms with Gasteiger partial charge in [0.2, 0.25) is 11.7 Å². The van der Waals surface area contributed by atoms with Crippen LogP contribution < -0.4 is 5.73 Å². The molecule has 0 radical (unpaired) electrons. The third kappa shape index (κ3) is 2.48. The topological polar surface area (TPSA) is 78.0 Å². The number of amides is 1. The van der Waals surface area contributed by atoms with Crippen molar-refractivity contribution in [1.29, 1.82) is 0 Å². The van der Waals surface area contributed by atoms with E-state index in [-0.39, 0.29) is 16.6 Å². The Hall–Kier alpha value is -2.38. The number of nitrogens with two attached hydrogens (primary N) is 1. The van der Waals surface area contributed by atoms with Crippen LogP contribution in [0.15, 0.2) is 18.2 Å². The highest BCUT2D eigenvalue weighted by atomic mass is 19.4. The van der Waals surface area contributed by atoms with Crippen LogP contribution >= 0.6 is 0 Å². The van der Waals surface area contributed by atoms with Gasteiger partial charge in [-0.15, -0.1) is 0 Å². The standard InChI is InChI=1S/C13H12F3N3O2/c1-6(2)11(21)19-8-5-3-4-7(10(17)20)9(8)18-12(19)13(14,15)16/h3-6H,1-2H3,(H2,17,20). The van der Waals surface area contributed by atoms with E-state index in [4.69, 9.17) is 5.73 Å². The summed E-state index contributed by atoms with van der Waals surface area (Å²) in [4.78, 5) is 26.8. The molecule has 112 valence electrons. The van der Waals surface area contributed by atoms with Crippen molar-refractivity contribution in [3.05, 3.63) is 29.6 Å². The van der Waals surface area contributed by atoms with Gasteiger partial charge in [0.05, 0.1) is 11.1 Å². The lowest BCUT2D eigenvalue weighted by Crippen LogP contribution is -2.24. The van der Waals surface area contributed by atoms with E-state index in [0.717, 1.165) is 0 Å². The molecule has 1 amide bonds. The van der Waals surface area contributed by atoms with Crippen LogP contribution in [0.25, 0.3) is 11.0 Å². The van der Waals surface area contributed by atoms with Crippen molar-refractivity contribution in [2.45, 2.75) is 20.0 Å². The van der Waals surface area contributed by atoms with Crippen molar-refractivity contribution in [1.82, 2.24) is 9.55 Å². The lowest BCUT2D eigenvalue weighted by atomic mass is 10.1. The molecule has 8 heteroatoms. The molecule has 0 spiro atoms. The number of halogens is 3.